The molecule has 1 aromatic rings. The molecule has 0 fully saturated rings. The smallest absolute Gasteiger partial charge is 0.263 e. The molecule has 3 heteroatoms. The molecule has 0 heterocycles. The molecule has 0 aliphatic rings. The van der Waals surface area contributed by atoms with Gasteiger partial charge in [-0.05, 0) is 12.1 Å². The zero-order valence-corrected chi connectivity index (χ0v) is 6.80. The van der Waals surface area contributed by atoms with Gasteiger partial charge in [-0.15, -0.1) is 0 Å². The maximum Gasteiger partial charge on any atom is 0.263 e. The zero-order chi connectivity index (χ0) is 9.68. The first kappa shape index (κ1) is 9.69. The van der Waals surface area contributed by atoms with Gasteiger partial charge in [0.15, 0.2) is 0 Å². The van der Waals surface area contributed by atoms with E-state index in [1.807, 2.05) is 0 Å². The molecule has 1 rings (SSSR count). The van der Waals surface area contributed by atoms with E-state index >= 15 is 0 Å². The summed E-state index contributed by atoms with van der Waals surface area (Å²) in [5.41, 5.74) is 0.441. The van der Waals surface area contributed by atoms with Crippen molar-refractivity contribution in [3.05, 3.63) is 35.4 Å². The number of hydrogen-bond acceptors (Lipinski definition) is 1. The van der Waals surface area contributed by atoms with Crippen molar-refractivity contribution in [1.82, 2.24) is 0 Å². The highest BCUT2D eigenvalue weighted by Gasteiger charge is 2.05. The molecule has 68 valence electrons. The van der Waals surface area contributed by atoms with Gasteiger partial charge in [0.1, 0.15) is 6.61 Å². The molecule has 0 aliphatic carbocycles. The van der Waals surface area contributed by atoms with Crippen LogP contribution in [0.4, 0.5) is 8.78 Å². The lowest BCUT2D eigenvalue weighted by Crippen LogP contribution is -1.85. The highest BCUT2D eigenvalue weighted by Crippen LogP contribution is 2.18. The Balaban J connectivity index is 2.92. The first-order valence-corrected chi connectivity index (χ1v) is 3.72. The molecular weight excluding hydrogens is 174 g/mol. The van der Waals surface area contributed by atoms with Gasteiger partial charge in [-0.25, -0.2) is 8.78 Å². The fourth-order valence-corrected chi connectivity index (χ4v) is 0.894. The van der Waals surface area contributed by atoms with E-state index < -0.39 is 6.43 Å². The molecule has 0 aromatic heterocycles. The maximum atomic E-state index is 12.2. The molecule has 0 aliphatic heterocycles. The molecule has 0 spiro atoms. The third kappa shape index (κ3) is 2.85. The van der Waals surface area contributed by atoms with E-state index in [1.165, 1.54) is 18.2 Å². The molecular formula is C10H8F2O. The highest BCUT2D eigenvalue weighted by atomic mass is 19.3. The van der Waals surface area contributed by atoms with Crippen LogP contribution in [0.1, 0.15) is 17.6 Å². The molecule has 0 unspecified atom stereocenters. The van der Waals surface area contributed by atoms with Gasteiger partial charge in [-0.2, -0.15) is 0 Å². The quantitative estimate of drug-likeness (QED) is 0.658. The maximum absolute atomic E-state index is 12.2. The van der Waals surface area contributed by atoms with Crippen LogP contribution < -0.4 is 0 Å². The second-order valence-corrected chi connectivity index (χ2v) is 2.39. The lowest BCUT2D eigenvalue weighted by atomic mass is 10.1. The van der Waals surface area contributed by atoms with E-state index in [1.54, 1.807) is 6.07 Å². The van der Waals surface area contributed by atoms with Crippen molar-refractivity contribution in [2.45, 2.75) is 6.43 Å². The minimum absolute atomic E-state index is 0.0512. The Bertz CT molecular complexity index is 336. The topological polar surface area (TPSA) is 20.2 Å². The van der Waals surface area contributed by atoms with Crippen LogP contribution in [0.3, 0.4) is 0 Å². The third-order valence-corrected chi connectivity index (χ3v) is 1.45. The number of aliphatic hydroxyl groups excluding tert-OH is 1. The van der Waals surface area contributed by atoms with Crippen molar-refractivity contribution in [2.24, 2.45) is 0 Å². The van der Waals surface area contributed by atoms with Crippen LogP contribution in [0.2, 0.25) is 0 Å². The van der Waals surface area contributed by atoms with Crippen LogP contribution in [-0.2, 0) is 0 Å². The fourth-order valence-electron chi connectivity index (χ4n) is 0.894. The SMILES string of the molecule is OCC#Cc1cccc(C(F)F)c1. The van der Waals surface area contributed by atoms with E-state index in [0.29, 0.717) is 5.56 Å². The van der Waals surface area contributed by atoms with E-state index in [-0.39, 0.29) is 12.2 Å². The van der Waals surface area contributed by atoms with E-state index in [4.69, 9.17) is 5.11 Å². The number of hydrogen-bond donors (Lipinski definition) is 1. The Morgan fingerprint density at radius 3 is 2.77 bits per heavy atom. The van der Waals surface area contributed by atoms with Crippen LogP contribution in [-0.4, -0.2) is 11.7 Å². The Morgan fingerprint density at radius 2 is 2.15 bits per heavy atom. The second-order valence-electron chi connectivity index (χ2n) is 2.39. The number of alkyl halides is 2. The van der Waals surface area contributed by atoms with Gasteiger partial charge < -0.3 is 5.11 Å². The summed E-state index contributed by atoms with van der Waals surface area (Å²) in [6.45, 7) is -0.265. The minimum atomic E-state index is -2.48. The monoisotopic (exact) mass is 182 g/mol. The van der Waals surface area contributed by atoms with Gasteiger partial charge in [-0.3, -0.25) is 0 Å². The van der Waals surface area contributed by atoms with E-state index in [0.717, 1.165) is 0 Å². The second kappa shape index (κ2) is 4.58. The lowest BCUT2D eigenvalue weighted by molar-refractivity contribution is 0.151. The van der Waals surface area contributed by atoms with Crippen LogP contribution in [0.25, 0.3) is 0 Å². The summed E-state index contributed by atoms with van der Waals surface area (Å²) in [6, 6.07) is 5.79. The van der Waals surface area contributed by atoms with E-state index in [2.05, 4.69) is 11.8 Å². The predicted octanol–water partition coefficient (Wildman–Crippen LogP) is 1.97. The summed E-state index contributed by atoms with van der Waals surface area (Å²) in [7, 11) is 0. The van der Waals surface area contributed by atoms with E-state index in [9.17, 15) is 8.78 Å². The average Bonchev–Trinajstić information content (AvgIpc) is 2.15. The minimum Gasteiger partial charge on any atom is -0.384 e. The van der Waals surface area contributed by atoms with Gasteiger partial charge in [-0.1, -0.05) is 24.0 Å². The first-order chi connectivity index (χ1) is 6.24. The molecule has 0 radical (unpaired) electrons. The van der Waals surface area contributed by atoms with Gasteiger partial charge in [0.25, 0.3) is 6.43 Å². The Kier molecular flexibility index (Phi) is 3.41. The molecule has 0 saturated carbocycles. The number of aliphatic hydroxyl groups is 1. The zero-order valence-electron chi connectivity index (χ0n) is 6.80. The van der Waals surface area contributed by atoms with Crippen molar-refractivity contribution in [2.75, 3.05) is 6.61 Å². The van der Waals surface area contributed by atoms with Crippen LogP contribution in [0, 0.1) is 11.8 Å². The average molecular weight is 182 g/mol. The highest BCUT2D eigenvalue weighted by molar-refractivity contribution is 5.37. The van der Waals surface area contributed by atoms with Crippen LogP contribution in [0.15, 0.2) is 24.3 Å². The Morgan fingerprint density at radius 1 is 1.38 bits per heavy atom. The predicted molar refractivity (Wildman–Crippen MR) is 45.4 cm³/mol. The van der Waals surface area contributed by atoms with Crippen molar-refractivity contribution >= 4 is 0 Å². The van der Waals surface area contributed by atoms with Gasteiger partial charge in [0.05, 0.1) is 0 Å². The molecule has 1 N–H and O–H groups in total. The molecule has 1 aromatic carbocycles. The molecule has 1 nitrogen and oxygen atoms in total. The molecule has 13 heavy (non-hydrogen) atoms. The Hall–Kier alpha value is -1.40. The normalized spacial score (nSPS) is 9.54. The molecule has 0 amide bonds. The molecule has 0 bridgehead atoms. The summed E-state index contributed by atoms with van der Waals surface area (Å²) in [4.78, 5) is 0. The summed E-state index contributed by atoms with van der Waals surface area (Å²) in [6.07, 6.45) is -2.48. The van der Waals surface area contributed by atoms with Crippen LogP contribution >= 0.6 is 0 Å². The largest absolute Gasteiger partial charge is 0.384 e. The lowest BCUT2D eigenvalue weighted by Gasteiger charge is -1.98. The van der Waals surface area contributed by atoms with Gasteiger partial charge in [0.2, 0.25) is 0 Å². The van der Waals surface area contributed by atoms with Gasteiger partial charge in [0, 0.05) is 11.1 Å². The molecule has 0 atom stereocenters. The fraction of sp³-hybridized carbons (Fsp3) is 0.200. The Labute approximate surface area is 75.0 Å². The standard InChI is InChI=1S/C10H8F2O/c11-10(12)9-5-1-3-8(7-9)4-2-6-13/h1,3,5,7,10,13H,6H2. The summed E-state index contributed by atoms with van der Waals surface area (Å²) in [5.74, 6) is 4.95. The van der Waals surface area contributed by atoms with Crippen molar-refractivity contribution in [3.63, 3.8) is 0 Å². The first-order valence-electron chi connectivity index (χ1n) is 3.72. The van der Waals surface area contributed by atoms with Gasteiger partial charge >= 0.3 is 0 Å². The van der Waals surface area contributed by atoms with Crippen LogP contribution in [0.5, 0.6) is 0 Å². The summed E-state index contributed by atoms with van der Waals surface area (Å²) >= 11 is 0. The van der Waals surface area contributed by atoms with Crippen molar-refractivity contribution < 1.29 is 13.9 Å². The number of benzene rings is 1. The summed E-state index contributed by atoms with van der Waals surface area (Å²) in [5, 5.41) is 8.38. The summed E-state index contributed by atoms with van der Waals surface area (Å²) < 4.78 is 24.3. The number of rotatable bonds is 1. The third-order valence-electron chi connectivity index (χ3n) is 1.45. The number of halogens is 2. The van der Waals surface area contributed by atoms with Crippen molar-refractivity contribution in [3.8, 4) is 11.8 Å². The van der Waals surface area contributed by atoms with Crippen molar-refractivity contribution in [1.29, 1.82) is 0 Å². The molecule has 0 saturated heterocycles.